The highest BCUT2D eigenvalue weighted by Crippen LogP contribution is 2.50. The standard InChI is InChI=1S/C16H20O4/c1-16(7-8-16)10-13(15(18)19)9-14(17)20-11-12-5-3-2-4-6-12/h2-6,13H,7-11H2,1H3,(H,18,19)/t13-/m0/s1. The van der Waals surface area contributed by atoms with Crippen molar-refractivity contribution in [2.75, 3.05) is 0 Å². The first kappa shape index (κ1) is 14.6. The highest BCUT2D eigenvalue weighted by atomic mass is 16.5. The van der Waals surface area contributed by atoms with Gasteiger partial charge < -0.3 is 9.84 Å². The van der Waals surface area contributed by atoms with Gasteiger partial charge in [0.1, 0.15) is 6.61 Å². The zero-order valence-electron chi connectivity index (χ0n) is 11.7. The number of carboxylic acid groups (broad SMARTS) is 1. The van der Waals surface area contributed by atoms with Crippen molar-refractivity contribution in [1.29, 1.82) is 0 Å². The minimum absolute atomic E-state index is 0.0439. The minimum atomic E-state index is -0.908. The summed E-state index contributed by atoms with van der Waals surface area (Å²) in [6, 6.07) is 9.37. The summed E-state index contributed by atoms with van der Waals surface area (Å²) in [5, 5.41) is 9.19. The molecule has 1 atom stereocenters. The number of carbonyl (C=O) groups is 2. The summed E-state index contributed by atoms with van der Waals surface area (Å²) < 4.78 is 5.14. The molecule has 108 valence electrons. The molecular weight excluding hydrogens is 256 g/mol. The zero-order chi connectivity index (χ0) is 14.6. The third-order valence-corrected chi connectivity index (χ3v) is 3.85. The second-order valence-electron chi connectivity index (χ2n) is 5.90. The van der Waals surface area contributed by atoms with Crippen molar-refractivity contribution in [3.05, 3.63) is 35.9 Å². The fraction of sp³-hybridized carbons (Fsp3) is 0.500. The summed E-state index contributed by atoms with van der Waals surface area (Å²) in [4.78, 5) is 23.0. The molecule has 20 heavy (non-hydrogen) atoms. The van der Waals surface area contributed by atoms with E-state index in [0.29, 0.717) is 6.42 Å². The molecule has 4 heteroatoms. The molecule has 0 spiro atoms. The first-order valence-electron chi connectivity index (χ1n) is 6.91. The van der Waals surface area contributed by atoms with Crippen molar-refractivity contribution in [3.8, 4) is 0 Å². The zero-order valence-corrected chi connectivity index (χ0v) is 11.7. The number of carboxylic acids is 1. The Morgan fingerprint density at radius 2 is 1.95 bits per heavy atom. The summed E-state index contributed by atoms with van der Waals surface area (Å²) in [5.74, 6) is -1.98. The molecular formula is C16H20O4. The van der Waals surface area contributed by atoms with E-state index in [1.165, 1.54) is 0 Å². The molecule has 0 bridgehead atoms. The van der Waals surface area contributed by atoms with Gasteiger partial charge in [0.05, 0.1) is 12.3 Å². The van der Waals surface area contributed by atoms with E-state index in [4.69, 9.17) is 4.74 Å². The van der Waals surface area contributed by atoms with Gasteiger partial charge in [-0.05, 0) is 30.2 Å². The van der Waals surface area contributed by atoms with Gasteiger partial charge in [0.25, 0.3) is 0 Å². The van der Waals surface area contributed by atoms with Gasteiger partial charge in [0.2, 0.25) is 0 Å². The van der Waals surface area contributed by atoms with Gasteiger partial charge in [-0.1, -0.05) is 37.3 Å². The monoisotopic (exact) mass is 276 g/mol. The smallest absolute Gasteiger partial charge is 0.307 e. The van der Waals surface area contributed by atoms with E-state index in [9.17, 15) is 14.7 Å². The molecule has 1 aromatic carbocycles. The lowest BCUT2D eigenvalue weighted by Gasteiger charge is -2.15. The van der Waals surface area contributed by atoms with Crippen LogP contribution in [0.4, 0.5) is 0 Å². The summed E-state index contributed by atoms with van der Waals surface area (Å²) >= 11 is 0. The number of ether oxygens (including phenoxy) is 1. The number of rotatable bonds is 7. The van der Waals surface area contributed by atoms with Crippen molar-refractivity contribution >= 4 is 11.9 Å². The van der Waals surface area contributed by atoms with E-state index in [-0.39, 0.29) is 18.4 Å². The van der Waals surface area contributed by atoms with Crippen LogP contribution in [-0.2, 0) is 20.9 Å². The molecule has 0 unspecified atom stereocenters. The SMILES string of the molecule is CC1(C[C@H](CC(=O)OCc2ccccc2)C(=O)O)CC1. The second kappa shape index (κ2) is 6.07. The molecule has 0 aromatic heterocycles. The van der Waals surface area contributed by atoms with Crippen LogP contribution in [0.15, 0.2) is 30.3 Å². The lowest BCUT2D eigenvalue weighted by atomic mass is 9.91. The molecule has 0 radical (unpaired) electrons. The third-order valence-electron chi connectivity index (χ3n) is 3.85. The van der Waals surface area contributed by atoms with E-state index in [0.717, 1.165) is 18.4 Å². The highest BCUT2D eigenvalue weighted by Gasteiger charge is 2.41. The predicted molar refractivity (Wildman–Crippen MR) is 73.9 cm³/mol. The molecule has 1 aliphatic carbocycles. The minimum Gasteiger partial charge on any atom is -0.481 e. The summed E-state index contributed by atoms with van der Waals surface area (Å²) in [5.41, 5.74) is 1.02. The normalized spacial score (nSPS) is 17.2. The van der Waals surface area contributed by atoms with Crippen molar-refractivity contribution in [1.82, 2.24) is 0 Å². The number of hydrogen-bond acceptors (Lipinski definition) is 3. The molecule has 2 rings (SSSR count). The molecule has 1 N–H and O–H groups in total. The van der Waals surface area contributed by atoms with Crippen LogP contribution in [0.25, 0.3) is 0 Å². The third kappa shape index (κ3) is 4.37. The molecule has 0 amide bonds. The molecule has 1 saturated carbocycles. The van der Waals surface area contributed by atoms with E-state index in [2.05, 4.69) is 6.92 Å². The first-order chi connectivity index (χ1) is 9.48. The summed E-state index contributed by atoms with van der Waals surface area (Å²) in [6.07, 6.45) is 2.62. The molecule has 0 aliphatic heterocycles. The van der Waals surface area contributed by atoms with Crippen molar-refractivity contribution in [2.45, 2.75) is 39.2 Å². The van der Waals surface area contributed by atoms with E-state index in [1.54, 1.807) is 0 Å². The van der Waals surface area contributed by atoms with Gasteiger partial charge in [-0.25, -0.2) is 0 Å². The number of benzene rings is 1. The van der Waals surface area contributed by atoms with Crippen molar-refractivity contribution < 1.29 is 19.4 Å². The van der Waals surface area contributed by atoms with Crippen LogP contribution in [0.2, 0.25) is 0 Å². The van der Waals surface area contributed by atoms with Gasteiger partial charge in [-0.15, -0.1) is 0 Å². The first-order valence-corrected chi connectivity index (χ1v) is 6.91. The van der Waals surface area contributed by atoms with Crippen LogP contribution in [-0.4, -0.2) is 17.0 Å². The van der Waals surface area contributed by atoms with Gasteiger partial charge >= 0.3 is 11.9 Å². The molecule has 0 saturated heterocycles. The number of hydrogen-bond donors (Lipinski definition) is 1. The fourth-order valence-corrected chi connectivity index (χ4v) is 2.26. The summed E-state index contributed by atoms with van der Waals surface area (Å²) in [7, 11) is 0. The van der Waals surface area contributed by atoms with E-state index >= 15 is 0 Å². The lowest BCUT2D eigenvalue weighted by Crippen LogP contribution is -2.22. The molecule has 0 heterocycles. The molecule has 1 aromatic rings. The number of carbonyl (C=O) groups excluding carboxylic acids is 1. The van der Waals surface area contributed by atoms with Crippen LogP contribution in [0.1, 0.15) is 38.2 Å². The average molecular weight is 276 g/mol. The Morgan fingerprint density at radius 3 is 2.50 bits per heavy atom. The Hall–Kier alpha value is -1.84. The maximum atomic E-state index is 11.8. The van der Waals surface area contributed by atoms with Gasteiger partial charge in [0.15, 0.2) is 0 Å². The Bertz CT molecular complexity index is 477. The van der Waals surface area contributed by atoms with Gasteiger partial charge in [-0.3, -0.25) is 9.59 Å². The van der Waals surface area contributed by atoms with E-state index < -0.39 is 17.9 Å². The van der Waals surface area contributed by atoms with Crippen LogP contribution < -0.4 is 0 Å². The lowest BCUT2D eigenvalue weighted by molar-refractivity contribution is -0.153. The Morgan fingerprint density at radius 1 is 1.30 bits per heavy atom. The van der Waals surface area contributed by atoms with Crippen LogP contribution in [0.3, 0.4) is 0 Å². The number of aliphatic carboxylic acids is 1. The molecule has 1 fully saturated rings. The fourth-order valence-electron chi connectivity index (χ4n) is 2.26. The maximum Gasteiger partial charge on any atom is 0.307 e. The Balaban J connectivity index is 1.81. The molecule has 4 nitrogen and oxygen atoms in total. The Labute approximate surface area is 118 Å². The van der Waals surface area contributed by atoms with Crippen molar-refractivity contribution in [3.63, 3.8) is 0 Å². The van der Waals surface area contributed by atoms with Gasteiger partial charge in [-0.2, -0.15) is 0 Å². The largest absolute Gasteiger partial charge is 0.481 e. The maximum absolute atomic E-state index is 11.8. The quantitative estimate of drug-likeness (QED) is 0.777. The predicted octanol–water partition coefficient (Wildman–Crippen LogP) is 3.01. The van der Waals surface area contributed by atoms with Crippen LogP contribution >= 0.6 is 0 Å². The highest BCUT2D eigenvalue weighted by molar-refractivity contribution is 5.78. The topological polar surface area (TPSA) is 63.6 Å². The average Bonchev–Trinajstić information content (AvgIpc) is 3.14. The van der Waals surface area contributed by atoms with E-state index in [1.807, 2.05) is 30.3 Å². The summed E-state index contributed by atoms with van der Waals surface area (Å²) in [6.45, 7) is 2.27. The molecule has 1 aliphatic rings. The van der Waals surface area contributed by atoms with Gasteiger partial charge in [0, 0.05) is 0 Å². The van der Waals surface area contributed by atoms with Crippen LogP contribution in [0.5, 0.6) is 0 Å². The number of esters is 1. The van der Waals surface area contributed by atoms with Crippen LogP contribution in [0, 0.1) is 11.3 Å². The Kier molecular flexibility index (Phi) is 4.42. The van der Waals surface area contributed by atoms with Crippen molar-refractivity contribution in [2.24, 2.45) is 11.3 Å². The second-order valence-corrected chi connectivity index (χ2v) is 5.90.